The van der Waals surface area contributed by atoms with E-state index < -0.39 is 0 Å². The summed E-state index contributed by atoms with van der Waals surface area (Å²) in [6.45, 7) is 0. The molecule has 0 N–H and O–H groups in total. The van der Waals surface area contributed by atoms with Crippen LogP contribution in [-0.2, 0) is 0 Å². The predicted molar refractivity (Wildman–Crippen MR) is 200 cm³/mol. The molecule has 0 atom stereocenters. The van der Waals surface area contributed by atoms with Crippen LogP contribution in [0.5, 0.6) is 0 Å². The van der Waals surface area contributed by atoms with Gasteiger partial charge in [0.25, 0.3) is 0 Å². The van der Waals surface area contributed by atoms with Crippen LogP contribution < -0.4 is 4.90 Å². The minimum absolute atomic E-state index is 0.608. The Balaban J connectivity index is 1.06. The molecule has 0 spiro atoms. The number of para-hydroxylation sites is 1. The fraction of sp³-hybridized carbons (Fsp3) is 0. The highest BCUT2D eigenvalue weighted by atomic mass is 32.1. The van der Waals surface area contributed by atoms with Gasteiger partial charge in [0, 0.05) is 49.2 Å². The zero-order valence-electron chi connectivity index (χ0n) is 25.6. The minimum atomic E-state index is 0.608. The molecule has 4 nitrogen and oxygen atoms in total. The Hall–Kier alpha value is -6.17. The number of thiophene rings is 1. The number of anilines is 3. The molecule has 0 fully saturated rings. The molecule has 5 heteroatoms. The summed E-state index contributed by atoms with van der Waals surface area (Å²) in [5, 5.41) is 4.64. The standard InChI is InChI=1S/C43H26N2O2S/c1-3-10-28(11-4-1)43-44-36-26-39-35(25-40(36)47-43)34-24-29(20-23-38(34)46-39)27-18-21-31(22-19-27)45(30-12-5-2-6-13-30)37-16-9-15-33-32-14-7-8-17-41(32)48-42(33)37/h1-26H. The molecule has 226 valence electrons. The van der Waals surface area contributed by atoms with Crippen LogP contribution in [-0.4, -0.2) is 4.98 Å². The van der Waals surface area contributed by atoms with Crippen LogP contribution in [0.25, 0.3) is 75.8 Å². The topological polar surface area (TPSA) is 42.4 Å². The first-order chi connectivity index (χ1) is 23.8. The summed E-state index contributed by atoms with van der Waals surface area (Å²) in [5.41, 5.74) is 9.77. The van der Waals surface area contributed by atoms with Crippen molar-refractivity contribution in [2.24, 2.45) is 0 Å². The molecule has 0 amide bonds. The van der Waals surface area contributed by atoms with Gasteiger partial charge in [-0.05, 0) is 77.9 Å². The van der Waals surface area contributed by atoms with Crippen molar-refractivity contribution in [2.45, 2.75) is 0 Å². The molecule has 0 aliphatic heterocycles. The first-order valence-electron chi connectivity index (χ1n) is 15.9. The molecule has 10 rings (SSSR count). The zero-order chi connectivity index (χ0) is 31.6. The largest absolute Gasteiger partial charge is 0.456 e. The SMILES string of the molecule is c1ccc(-c2nc3cc4oc5ccc(-c6ccc(N(c7ccccc7)c7cccc8c7sc7ccccc78)cc6)cc5c4cc3o2)cc1. The molecule has 0 bridgehead atoms. The Morgan fingerprint density at radius 2 is 1.17 bits per heavy atom. The van der Waals surface area contributed by atoms with E-state index in [1.807, 2.05) is 47.7 Å². The molecule has 7 aromatic carbocycles. The van der Waals surface area contributed by atoms with Gasteiger partial charge in [-0.2, -0.15) is 0 Å². The van der Waals surface area contributed by atoms with Gasteiger partial charge >= 0.3 is 0 Å². The van der Waals surface area contributed by atoms with Crippen LogP contribution in [0, 0.1) is 0 Å². The number of oxazole rings is 1. The smallest absolute Gasteiger partial charge is 0.227 e. The van der Waals surface area contributed by atoms with Crippen LogP contribution in [0.1, 0.15) is 0 Å². The van der Waals surface area contributed by atoms with Crippen molar-refractivity contribution in [1.82, 2.24) is 4.98 Å². The molecule has 3 heterocycles. The number of hydrogen-bond acceptors (Lipinski definition) is 5. The summed E-state index contributed by atoms with van der Waals surface area (Å²) in [6.07, 6.45) is 0. The molecule has 10 aromatic rings. The second kappa shape index (κ2) is 10.7. The van der Waals surface area contributed by atoms with Crippen LogP contribution in [0.15, 0.2) is 167 Å². The lowest BCUT2D eigenvalue weighted by atomic mass is 10.0. The van der Waals surface area contributed by atoms with Crippen molar-refractivity contribution in [3.63, 3.8) is 0 Å². The van der Waals surface area contributed by atoms with Crippen molar-refractivity contribution in [3.05, 3.63) is 158 Å². The number of benzene rings is 7. The number of rotatable bonds is 5. The van der Waals surface area contributed by atoms with Crippen molar-refractivity contribution in [3.8, 4) is 22.6 Å². The zero-order valence-corrected chi connectivity index (χ0v) is 26.4. The average Bonchev–Trinajstić information content (AvgIpc) is 3.85. The van der Waals surface area contributed by atoms with Gasteiger partial charge in [0.15, 0.2) is 5.58 Å². The van der Waals surface area contributed by atoms with Gasteiger partial charge in [-0.25, -0.2) is 4.98 Å². The van der Waals surface area contributed by atoms with E-state index in [-0.39, 0.29) is 0 Å². The fourth-order valence-corrected chi connectivity index (χ4v) is 8.00. The third-order valence-electron chi connectivity index (χ3n) is 9.10. The van der Waals surface area contributed by atoms with Crippen molar-refractivity contribution in [1.29, 1.82) is 0 Å². The van der Waals surface area contributed by atoms with Crippen LogP contribution in [0.3, 0.4) is 0 Å². The van der Waals surface area contributed by atoms with E-state index in [1.165, 1.54) is 25.9 Å². The molecule has 0 aliphatic carbocycles. The molecule has 0 radical (unpaired) electrons. The Morgan fingerprint density at radius 1 is 0.458 bits per heavy atom. The van der Waals surface area contributed by atoms with Gasteiger partial charge in [-0.1, -0.05) is 84.9 Å². The van der Waals surface area contributed by atoms with Crippen molar-refractivity contribution >= 4 is 81.6 Å². The fourth-order valence-electron chi connectivity index (χ4n) is 6.80. The van der Waals surface area contributed by atoms with Gasteiger partial charge in [-0.3, -0.25) is 0 Å². The van der Waals surface area contributed by atoms with Crippen molar-refractivity contribution in [2.75, 3.05) is 4.90 Å². The minimum Gasteiger partial charge on any atom is -0.456 e. The lowest BCUT2D eigenvalue weighted by molar-refractivity contribution is 0.620. The number of aromatic nitrogens is 1. The van der Waals surface area contributed by atoms with Crippen LogP contribution in [0.4, 0.5) is 17.1 Å². The maximum atomic E-state index is 6.28. The third-order valence-corrected chi connectivity index (χ3v) is 10.3. The summed E-state index contributed by atoms with van der Waals surface area (Å²) >= 11 is 1.85. The molecular weight excluding hydrogens is 609 g/mol. The Kier molecular flexibility index (Phi) is 6.01. The summed E-state index contributed by atoms with van der Waals surface area (Å²) < 4.78 is 15.1. The maximum absolute atomic E-state index is 6.28. The Labute approximate surface area is 279 Å². The highest BCUT2D eigenvalue weighted by molar-refractivity contribution is 7.26. The van der Waals surface area contributed by atoms with E-state index in [1.54, 1.807) is 0 Å². The average molecular weight is 635 g/mol. The molecule has 3 aromatic heterocycles. The molecular formula is C43H26N2O2S. The number of nitrogens with zero attached hydrogens (tertiary/aromatic N) is 2. The number of furan rings is 1. The van der Waals surface area contributed by atoms with E-state index in [0.717, 1.165) is 61.1 Å². The summed E-state index contributed by atoms with van der Waals surface area (Å²) in [7, 11) is 0. The lowest BCUT2D eigenvalue weighted by Crippen LogP contribution is -2.09. The Morgan fingerprint density at radius 3 is 2.02 bits per heavy atom. The van der Waals surface area contributed by atoms with Crippen molar-refractivity contribution < 1.29 is 8.83 Å². The number of fused-ring (bicyclic) bond motifs is 7. The summed E-state index contributed by atoms with van der Waals surface area (Å²) in [4.78, 5) is 7.09. The van der Waals surface area contributed by atoms with E-state index in [9.17, 15) is 0 Å². The molecule has 0 saturated carbocycles. The Bertz CT molecular complexity index is 2780. The second-order valence-electron chi connectivity index (χ2n) is 12.0. The predicted octanol–water partition coefficient (Wildman–Crippen LogP) is 12.9. The highest BCUT2D eigenvalue weighted by Crippen LogP contribution is 2.45. The molecule has 0 unspecified atom stereocenters. The van der Waals surface area contributed by atoms with Gasteiger partial charge in [-0.15, -0.1) is 11.3 Å². The molecule has 0 saturated heterocycles. The van der Waals surface area contributed by atoms with Gasteiger partial charge < -0.3 is 13.7 Å². The first kappa shape index (κ1) is 27.0. The van der Waals surface area contributed by atoms with Gasteiger partial charge in [0.2, 0.25) is 5.89 Å². The first-order valence-corrected chi connectivity index (χ1v) is 16.8. The van der Waals surface area contributed by atoms with Gasteiger partial charge in [0.05, 0.1) is 10.4 Å². The van der Waals surface area contributed by atoms with Gasteiger partial charge in [0.1, 0.15) is 16.7 Å². The lowest BCUT2D eigenvalue weighted by Gasteiger charge is -2.26. The summed E-state index contributed by atoms with van der Waals surface area (Å²) in [6, 6.07) is 55.2. The monoisotopic (exact) mass is 634 g/mol. The van der Waals surface area contributed by atoms with Crippen LogP contribution >= 0.6 is 11.3 Å². The normalized spacial score (nSPS) is 11.8. The maximum Gasteiger partial charge on any atom is 0.227 e. The quantitative estimate of drug-likeness (QED) is 0.189. The second-order valence-corrected chi connectivity index (χ2v) is 13.0. The van der Waals surface area contributed by atoms with E-state index in [2.05, 4.69) is 126 Å². The van der Waals surface area contributed by atoms with E-state index in [0.29, 0.717) is 5.89 Å². The molecule has 48 heavy (non-hydrogen) atoms. The van der Waals surface area contributed by atoms with Crippen LogP contribution in [0.2, 0.25) is 0 Å². The summed E-state index contributed by atoms with van der Waals surface area (Å²) in [5.74, 6) is 0.608. The van der Waals surface area contributed by atoms with E-state index >= 15 is 0 Å². The molecule has 0 aliphatic rings. The number of hydrogen-bond donors (Lipinski definition) is 0. The highest BCUT2D eigenvalue weighted by Gasteiger charge is 2.19. The van der Waals surface area contributed by atoms with E-state index in [4.69, 9.17) is 13.8 Å². The third kappa shape index (κ3) is 4.33.